The van der Waals surface area contributed by atoms with E-state index in [1.54, 1.807) is 7.05 Å². The zero-order chi connectivity index (χ0) is 21.7. The molecule has 7 nitrogen and oxygen atoms in total. The predicted octanol–water partition coefficient (Wildman–Crippen LogP) is 4.18. The van der Waals surface area contributed by atoms with E-state index in [0.29, 0.717) is 30.0 Å². The first-order valence-electron chi connectivity index (χ1n) is 10.9. The zero-order valence-corrected chi connectivity index (χ0v) is 18.8. The summed E-state index contributed by atoms with van der Waals surface area (Å²) < 4.78 is 11.4. The molecule has 1 aromatic heterocycles. The Kier molecular flexibility index (Phi) is 7.34. The number of rotatable bonds is 8. The van der Waals surface area contributed by atoms with Gasteiger partial charge in [0.15, 0.2) is 5.82 Å². The van der Waals surface area contributed by atoms with E-state index < -0.39 is 0 Å². The van der Waals surface area contributed by atoms with Crippen LogP contribution in [0.5, 0.6) is 5.75 Å². The Labute approximate surface area is 179 Å². The van der Waals surface area contributed by atoms with Crippen LogP contribution < -0.4 is 15.0 Å². The summed E-state index contributed by atoms with van der Waals surface area (Å²) in [6, 6.07) is 6.29. The Balaban J connectivity index is 1.43. The highest BCUT2D eigenvalue weighted by Crippen LogP contribution is 2.30. The van der Waals surface area contributed by atoms with Gasteiger partial charge >= 0.3 is 6.01 Å². The van der Waals surface area contributed by atoms with Crippen molar-refractivity contribution < 1.29 is 14.1 Å². The average Bonchev–Trinajstić information content (AvgIpc) is 3.24. The Hall–Kier alpha value is -2.57. The molecule has 3 rings (SSSR count). The highest BCUT2D eigenvalue weighted by molar-refractivity contribution is 5.95. The molecule has 1 unspecified atom stereocenters. The maximum atomic E-state index is 11.8. The third-order valence-electron chi connectivity index (χ3n) is 6.07. The lowest BCUT2D eigenvalue weighted by atomic mass is 9.84. The van der Waals surface area contributed by atoms with E-state index >= 15 is 0 Å². The largest absolute Gasteiger partial charge is 0.494 e. The average molecular weight is 415 g/mol. The molecule has 1 atom stereocenters. The molecule has 2 heterocycles. The molecule has 30 heavy (non-hydrogen) atoms. The fourth-order valence-electron chi connectivity index (χ4n) is 3.96. The van der Waals surface area contributed by atoms with Crippen molar-refractivity contribution in [2.24, 2.45) is 11.8 Å². The number of amides is 1. The standard InChI is InChI=1S/C23H34N4O3/c1-15(2)21-25-23(30-26-21)27-11-8-18(9-12-27)16(3)10-13-29-19-6-7-20(17(4)14-19)22(28)24-5/h6-7,14-16,18H,8-13H2,1-5H3,(H,24,28). The van der Waals surface area contributed by atoms with Crippen LogP contribution in [0.15, 0.2) is 22.7 Å². The fourth-order valence-corrected chi connectivity index (χ4v) is 3.96. The predicted molar refractivity (Wildman–Crippen MR) is 117 cm³/mol. The van der Waals surface area contributed by atoms with Crippen molar-refractivity contribution >= 4 is 11.9 Å². The summed E-state index contributed by atoms with van der Waals surface area (Å²) >= 11 is 0. The van der Waals surface area contributed by atoms with Crippen molar-refractivity contribution in [2.45, 2.75) is 52.9 Å². The summed E-state index contributed by atoms with van der Waals surface area (Å²) in [5.41, 5.74) is 1.61. The number of carbonyl (C=O) groups excluding carboxylic acids is 1. The van der Waals surface area contributed by atoms with Crippen LogP contribution >= 0.6 is 0 Å². The van der Waals surface area contributed by atoms with Crippen LogP contribution in [0.4, 0.5) is 6.01 Å². The third kappa shape index (κ3) is 5.32. The minimum Gasteiger partial charge on any atom is -0.494 e. The van der Waals surface area contributed by atoms with Crippen LogP contribution in [-0.2, 0) is 0 Å². The van der Waals surface area contributed by atoms with Gasteiger partial charge in [0, 0.05) is 31.6 Å². The van der Waals surface area contributed by atoms with E-state index in [1.165, 1.54) is 0 Å². The first-order valence-corrected chi connectivity index (χ1v) is 10.9. The van der Waals surface area contributed by atoms with E-state index in [-0.39, 0.29) is 11.8 Å². The number of anilines is 1. The number of benzene rings is 1. The first-order chi connectivity index (χ1) is 14.4. The van der Waals surface area contributed by atoms with Gasteiger partial charge in [-0.2, -0.15) is 4.98 Å². The second kappa shape index (κ2) is 9.96. The monoisotopic (exact) mass is 414 g/mol. The molecule has 1 saturated heterocycles. The number of aromatic nitrogens is 2. The Morgan fingerprint density at radius 2 is 2.03 bits per heavy atom. The maximum absolute atomic E-state index is 11.8. The number of hydrogen-bond donors (Lipinski definition) is 1. The third-order valence-corrected chi connectivity index (χ3v) is 6.07. The minimum atomic E-state index is -0.0695. The number of ether oxygens (including phenoxy) is 1. The van der Waals surface area contributed by atoms with Gasteiger partial charge in [-0.15, -0.1) is 0 Å². The molecule has 164 valence electrons. The maximum Gasteiger partial charge on any atom is 0.324 e. The molecule has 1 aliphatic heterocycles. The Morgan fingerprint density at radius 1 is 1.30 bits per heavy atom. The molecule has 1 amide bonds. The lowest BCUT2D eigenvalue weighted by Crippen LogP contribution is -2.36. The van der Waals surface area contributed by atoms with Crippen LogP contribution in [0, 0.1) is 18.8 Å². The van der Waals surface area contributed by atoms with Gasteiger partial charge in [0.1, 0.15) is 5.75 Å². The molecule has 0 radical (unpaired) electrons. The summed E-state index contributed by atoms with van der Waals surface area (Å²) in [5, 5.41) is 6.73. The highest BCUT2D eigenvalue weighted by atomic mass is 16.5. The van der Waals surface area contributed by atoms with Gasteiger partial charge in [-0.25, -0.2) is 0 Å². The summed E-state index contributed by atoms with van der Waals surface area (Å²) in [5.74, 6) is 3.07. The molecular weight excluding hydrogens is 380 g/mol. The Bertz CT molecular complexity index is 841. The summed E-state index contributed by atoms with van der Waals surface area (Å²) in [6.45, 7) is 11.0. The van der Waals surface area contributed by atoms with E-state index in [1.807, 2.05) is 25.1 Å². The lowest BCUT2D eigenvalue weighted by molar-refractivity contribution is 0.0962. The summed E-state index contributed by atoms with van der Waals surface area (Å²) in [7, 11) is 1.64. The van der Waals surface area contributed by atoms with Crippen LogP contribution in [0.3, 0.4) is 0 Å². The molecule has 7 heteroatoms. The number of piperidine rings is 1. The molecule has 1 aliphatic rings. The number of nitrogens with zero attached hydrogens (tertiary/aromatic N) is 3. The van der Waals surface area contributed by atoms with Gasteiger partial charge in [-0.3, -0.25) is 4.79 Å². The van der Waals surface area contributed by atoms with E-state index in [9.17, 15) is 4.79 Å². The smallest absolute Gasteiger partial charge is 0.324 e. The van der Waals surface area contributed by atoms with Crippen molar-refractivity contribution in [3.63, 3.8) is 0 Å². The zero-order valence-electron chi connectivity index (χ0n) is 18.8. The van der Waals surface area contributed by atoms with E-state index in [0.717, 1.165) is 49.5 Å². The molecule has 1 N–H and O–H groups in total. The van der Waals surface area contributed by atoms with Crippen LogP contribution in [0.25, 0.3) is 0 Å². The lowest BCUT2D eigenvalue weighted by Gasteiger charge is -2.33. The molecule has 1 fully saturated rings. The summed E-state index contributed by atoms with van der Waals surface area (Å²) in [4.78, 5) is 18.5. The molecule has 2 aromatic rings. The van der Waals surface area contributed by atoms with Gasteiger partial charge in [-0.1, -0.05) is 25.9 Å². The second-order valence-corrected chi connectivity index (χ2v) is 8.58. The first kappa shape index (κ1) is 22.1. The molecule has 0 spiro atoms. The normalized spacial score (nSPS) is 16.0. The van der Waals surface area contributed by atoms with Crippen LogP contribution in [0.2, 0.25) is 0 Å². The number of aryl methyl sites for hydroxylation is 1. The van der Waals surface area contributed by atoms with E-state index in [4.69, 9.17) is 9.26 Å². The summed E-state index contributed by atoms with van der Waals surface area (Å²) in [6.07, 6.45) is 3.26. The Morgan fingerprint density at radius 3 is 2.63 bits per heavy atom. The minimum absolute atomic E-state index is 0.0695. The molecule has 0 aliphatic carbocycles. The molecule has 0 saturated carbocycles. The molecule has 0 bridgehead atoms. The molecular formula is C23H34N4O3. The number of nitrogens with one attached hydrogen (secondary N) is 1. The highest BCUT2D eigenvalue weighted by Gasteiger charge is 2.26. The van der Waals surface area contributed by atoms with Gasteiger partial charge in [0.05, 0.1) is 6.61 Å². The van der Waals surface area contributed by atoms with Crippen molar-refractivity contribution in [1.82, 2.24) is 15.5 Å². The molecule has 1 aromatic carbocycles. The van der Waals surface area contributed by atoms with Crippen molar-refractivity contribution in [3.05, 3.63) is 35.2 Å². The number of carbonyl (C=O) groups is 1. The van der Waals surface area contributed by atoms with Crippen molar-refractivity contribution in [3.8, 4) is 5.75 Å². The van der Waals surface area contributed by atoms with E-state index in [2.05, 4.69) is 41.1 Å². The van der Waals surface area contributed by atoms with Gasteiger partial charge in [0.2, 0.25) is 0 Å². The quantitative estimate of drug-likeness (QED) is 0.698. The van der Waals surface area contributed by atoms with Gasteiger partial charge in [0.25, 0.3) is 5.91 Å². The fraction of sp³-hybridized carbons (Fsp3) is 0.609. The van der Waals surface area contributed by atoms with Crippen LogP contribution in [-0.4, -0.2) is 42.8 Å². The SMILES string of the molecule is CNC(=O)c1ccc(OCCC(C)C2CCN(c3nc(C(C)C)no3)CC2)cc1C. The number of hydrogen-bond acceptors (Lipinski definition) is 6. The second-order valence-electron chi connectivity index (χ2n) is 8.58. The van der Waals surface area contributed by atoms with Crippen LogP contribution in [0.1, 0.15) is 67.7 Å². The van der Waals surface area contributed by atoms with Gasteiger partial charge < -0.3 is 19.5 Å². The van der Waals surface area contributed by atoms with Crippen molar-refractivity contribution in [2.75, 3.05) is 31.6 Å². The topological polar surface area (TPSA) is 80.5 Å². The van der Waals surface area contributed by atoms with Gasteiger partial charge in [-0.05, 0) is 61.8 Å². The van der Waals surface area contributed by atoms with Crippen molar-refractivity contribution in [1.29, 1.82) is 0 Å².